The number of halogens is 1. The molecule has 0 aliphatic heterocycles. The Balaban J connectivity index is 0.00000116. The van der Waals surface area contributed by atoms with Crippen LogP contribution in [0.4, 0.5) is 0 Å². The van der Waals surface area contributed by atoms with E-state index in [1.807, 2.05) is 36.5 Å². The molecule has 0 saturated heterocycles. The second-order valence-corrected chi connectivity index (χ2v) is 5.44. The number of alkyl halides is 1. The second kappa shape index (κ2) is 10.5. The number of amides is 1. The van der Waals surface area contributed by atoms with E-state index in [0.717, 1.165) is 22.2 Å². The summed E-state index contributed by atoms with van der Waals surface area (Å²) >= 11 is 4.65. The summed E-state index contributed by atoms with van der Waals surface area (Å²) in [4.78, 5) is 19.4. The number of nitrogens with zero attached hydrogens (tertiary/aromatic N) is 1. The van der Waals surface area contributed by atoms with Gasteiger partial charge in [0.25, 0.3) is 5.91 Å². The van der Waals surface area contributed by atoms with E-state index in [0.29, 0.717) is 18.7 Å². The summed E-state index contributed by atoms with van der Waals surface area (Å²) in [7, 11) is 1.67. The number of para-hydroxylation sites is 1. The third-order valence-corrected chi connectivity index (χ3v) is 3.77. The molecule has 4 nitrogen and oxygen atoms in total. The van der Waals surface area contributed by atoms with E-state index in [-0.39, 0.29) is 5.91 Å². The van der Waals surface area contributed by atoms with Crippen molar-refractivity contribution < 1.29 is 4.79 Å². The SMILES string of the molecule is CBr.CN=C(Cc1c[nH]c2ccccc12)C(=O)NCCSC. The van der Waals surface area contributed by atoms with Gasteiger partial charge in [-0.25, -0.2) is 0 Å². The number of aliphatic imine (C=N–C) groups is 1. The molecule has 1 amide bonds. The van der Waals surface area contributed by atoms with E-state index in [1.54, 1.807) is 18.8 Å². The zero-order valence-electron chi connectivity index (χ0n) is 13.1. The fraction of sp³-hybridized carbons (Fsp3) is 0.375. The van der Waals surface area contributed by atoms with Crippen molar-refractivity contribution in [2.75, 3.05) is 31.4 Å². The minimum Gasteiger partial charge on any atom is -0.361 e. The summed E-state index contributed by atoms with van der Waals surface area (Å²) in [6.45, 7) is 0.674. The van der Waals surface area contributed by atoms with E-state index in [4.69, 9.17) is 0 Å². The number of hydrogen-bond acceptors (Lipinski definition) is 3. The molecule has 2 N–H and O–H groups in total. The molecule has 0 unspecified atom stereocenters. The van der Waals surface area contributed by atoms with Gasteiger partial charge < -0.3 is 10.3 Å². The van der Waals surface area contributed by atoms with Crippen LogP contribution in [0.25, 0.3) is 10.9 Å². The number of aromatic nitrogens is 1. The van der Waals surface area contributed by atoms with Gasteiger partial charge in [-0.05, 0) is 23.7 Å². The van der Waals surface area contributed by atoms with Crippen molar-refractivity contribution >= 4 is 50.2 Å². The molecule has 2 rings (SSSR count). The fourth-order valence-electron chi connectivity index (χ4n) is 2.09. The molecule has 0 spiro atoms. The van der Waals surface area contributed by atoms with Gasteiger partial charge in [-0.15, -0.1) is 0 Å². The van der Waals surface area contributed by atoms with E-state index in [1.165, 1.54) is 0 Å². The zero-order chi connectivity index (χ0) is 16.4. The van der Waals surface area contributed by atoms with Gasteiger partial charge in [0.15, 0.2) is 0 Å². The molecule has 0 saturated carbocycles. The van der Waals surface area contributed by atoms with Gasteiger partial charge in [0.1, 0.15) is 5.71 Å². The molecular weight excluding hydrogens is 362 g/mol. The number of nitrogens with one attached hydrogen (secondary N) is 2. The van der Waals surface area contributed by atoms with Crippen molar-refractivity contribution in [1.82, 2.24) is 10.3 Å². The van der Waals surface area contributed by atoms with E-state index >= 15 is 0 Å². The van der Waals surface area contributed by atoms with Crippen molar-refractivity contribution in [1.29, 1.82) is 0 Å². The molecule has 0 fully saturated rings. The molecule has 120 valence electrons. The van der Waals surface area contributed by atoms with Crippen LogP contribution in [-0.2, 0) is 11.2 Å². The van der Waals surface area contributed by atoms with Crippen LogP contribution in [0.3, 0.4) is 0 Å². The third-order valence-electron chi connectivity index (χ3n) is 3.16. The molecule has 6 heteroatoms. The van der Waals surface area contributed by atoms with Crippen molar-refractivity contribution in [2.24, 2.45) is 4.99 Å². The van der Waals surface area contributed by atoms with E-state index < -0.39 is 0 Å². The van der Waals surface area contributed by atoms with Gasteiger partial charge in [-0.1, -0.05) is 34.1 Å². The summed E-state index contributed by atoms with van der Waals surface area (Å²) in [5, 5.41) is 4.04. The molecule has 1 heterocycles. The number of carbonyl (C=O) groups is 1. The number of fused-ring (bicyclic) bond motifs is 1. The second-order valence-electron chi connectivity index (χ2n) is 4.46. The average molecular weight is 384 g/mol. The Morgan fingerprint density at radius 1 is 1.36 bits per heavy atom. The summed E-state index contributed by atoms with van der Waals surface area (Å²) in [6.07, 6.45) is 4.52. The molecule has 0 aliphatic carbocycles. The normalized spacial score (nSPS) is 11.0. The average Bonchev–Trinajstić information content (AvgIpc) is 2.97. The maximum absolute atomic E-state index is 12.1. The number of rotatable bonds is 6. The lowest BCUT2D eigenvalue weighted by molar-refractivity contribution is -0.114. The summed E-state index contributed by atoms with van der Waals surface area (Å²) < 4.78 is 0. The van der Waals surface area contributed by atoms with Crippen LogP contribution in [0, 0.1) is 0 Å². The predicted molar refractivity (Wildman–Crippen MR) is 102 cm³/mol. The van der Waals surface area contributed by atoms with Gasteiger partial charge in [-0.2, -0.15) is 11.8 Å². The Morgan fingerprint density at radius 2 is 2.09 bits per heavy atom. The summed E-state index contributed by atoms with van der Waals surface area (Å²) in [6, 6.07) is 8.08. The summed E-state index contributed by atoms with van der Waals surface area (Å²) in [5.74, 6) is 2.65. The Bertz CT molecular complexity index is 625. The number of thioether (sulfide) groups is 1. The van der Waals surface area contributed by atoms with Gasteiger partial charge >= 0.3 is 0 Å². The molecule has 1 aromatic carbocycles. The molecule has 1 aromatic heterocycles. The Hall–Kier alpha value is -1.27. The first-order valence-electron chi connectivity index (χ1n) is 6.92. The largest absolute Gasteiger partial charge is 0.361 e. The molecule has 0 bridgehead atoms. The van der Waals surface area contributed by atoms with Crippen molar-refractivity contribution in [3.8, 4) is 0 Å². The molecule has 0 radical (unpaired) electrons. The highest BCUT2D eigenvalue weighted by molar-refractivity contribution is 9.08. The number of H-pyrrole nitrogens is 1. The standard InChI is InChI=1S/C15H19N3OS.CH3Br/c1-16-14(15(19)17-7-8-20-2)9-11-10-18-13-6-4-3-5-12(11)13;1-2/h3-6,10,18H,7-9H2,1-2H3,(H,17,19);1H3. The van der Waals surface area contributed by atoms with Gasteiger partial charge in [-0.3, -0.25) is 9.79 Å². The van der Waals surface area contributed by atoms with Crippen LogP contribution >= 0.6 is 27.7 Å². The maximum atomic E-state index is 12.1. The first kappa shape index (κ1) is 18.8. The Morgan fingerprint density at radius 3 is 2.77 bits per heavy atom. The summed E-state index contributed by atoms with van der Waals surface area (Å²) in [5.41, 5.74) is 2.75. The highest BCUT2D eigenvalue weighted by Crippen LogP contribution is 2.18. The Labute approximate surface area is 144 Å². The minimum atomic E-state index is -0.0770. The van der Waals surface area contributed by atoms with Crippen LogP contribution < -0.4 is 5.32 Å². The van der Waals surface area contributed by atoms with Crippen LogP contribution in [0.15, 0.2) is 35.5 Å². The van der Waals surface area contributed by atoms with Crippen LogP contribution in [0.5, 0.6) is 0 Å². The monoisotopic (exact) mass is 383 g/mol. The van der Waals surface area contributed by atoms with E-state index in [2.05, 4.69) is 37.3 Å². The number of aromatic amines is 1. The van der Waals surface area contributed by atoms with Crippen molar-refractivity contribution in [3.05, 3.63) is 36.0 Å². The molecule has 22 heavy (non-hydrogen) atoms. The first-order chi connectivity index (χ1) is 10.8. The van der Waals surface area contributed by atoms with Crippen molar-refractivity contribution in [2.45, 2.75) is 6.42 Å². The first-order valence-corrected chi connectivity index (χ1v) is 9.90. The lowest BCUT2D eigenvalue weighted by atomic mass is 10.1. The third kappa shape index (κ3) is 5.18. The lowest BCUT2D eigenvalue weighted by Gasteiger charge is -2.06. The number of carbonyl (C=O) groups excluding carboxylic acids is 1. The van der Waals surface area contributed by atoms with Crippen LogP contribution in [0.1, 0.15) is 5.56 Å². The van der Waals surface area contributed by atoms with Gasteiger partial charge in [0.05, 0.1) is 0 Å². The van der Waals surface area contributed by atoms with E-state index in [9.17, 15) is 4.79 Å². The van der Waals surface area contributed by atoms with Gasteiger partial charge in [0, 0.05) is 42.9 Å². The topological polar surface area (TPSA) is 57.2 Å². The molecule has 2 aromatic rings. The lowest BCUT2D eigenvalue weighted by Crippen LogP contribution is -2.33. The van der Waals surface area contributed by atoms with Crippen LogP contribution in [0.2, 0.25) is 0 Å². The van der Waals surface area contributed by atoms with Crippen LogP contribution in [-0.4, -0.2) is 48.0 Å². The fourth-order valence-corrected chi connectivity index (χ4v) is 2.39. The zero-order valence-corrected chi connectivity index (χ0v) is 15.6. The van der Waals surface area contributed by atoms with Gasteiger partial charge in [0.2, 0.25) is 0 Å². The number of benzene rings is 1. The smallest absolute Gasteiger partial charge is 0.265 e. The van der Waals surface area contributed by atoms with Crippen molar-refractivity contribution in [3.63, 3.8) is 0 Å². The highest BCUT2D eigenvalue weighted by Gasteiger charge is 2.13. The maximum Gasteiger partial charge on any atom is 0.265 e. The highest BCUT2D eigenvalue weighted by atomic mass is 79.9. The molecule has 0 aliphatic rings. The molecular formula is C16H22BrN3OS. The Kier molecular flexibility index (Phi) is 8.92. The quantitative estimate of drug-likeness (QED) is 0.456. The number of hydrogen-bond donors (Lipinski definition) is 2. The molecule has 0 atom stereocenters. The minimum absolute atomic E-state index is 0.0770. The predicted octanol–water partition coefficient (Wildman–Crippen LogP) is 3.27.